The Bertz CT molecular complexity index is 913. The molecule has 3 aromatic rings. The molecule has 1 atom stereocenters. The Kier molecular flexibility index (Phi) is 5.85. The first-order chi connectivity index (χ1) is 12.8. The summed E-state index contributed by atoms with van der Waals surface area (Å²) in [6, 6.07) is 15.5. The van der Waals surface area contributed by atoms with Crippen LogP contribution in [0.1, 0.15) is 50.9 Å². The van der Waals surface area contributed by atoms with Gasteiger partial charge in [-0.1, -0.05) is 67.9 Å². The molecule has 0 aliphatic carbocycles. The van der Waals surface area contributed by atoms with Crippen LogP contribution in [0.5, 0.6) is 0 Å². The van der Waals surface area contributed by atoms with Gasteiger partial charge >= 0.3 is 0 Å². The van der Waals surface area contributed by atoms with Crippen LogP contribution >= 0.6 is 11.6 Å². The number of benzene rings is 2. The summed E-state index contributed by atoms with van der Waals surface area (Å²) in [4.78, 5) is 12.6. The molecule has 142 valence electrons. The normalized spacial score (nSPS) is 12.9. The van der Waals surface area contributed by atoms with Crippen LogP contribution in [-0.2, 0) is 11.2 Å². The van der Waals surface area contributed by atoms with Gasteiger partial charge in [0.05, 0.1) is 6.04 Å². The number of nitrogens with zero attached hydrogens (tertiary/aromatic N) is 1. The average molecular weight is 385 g/mol. The van der Waals surface area contributed by atoms with Crippen LogP contribution in [0, 0.1) is 5.41 Å². The minimum atomic E-state index is -0.477. The van der Waals surface area contributed by atoms with Crippen molar-refractivity contribution in [3.05, 3.63) is 64.8 Å². The van der Waals surface area contributed by atoms with E-state index in [-0.39, 0.29) is 11.9 Å². The molecule has 1 N–H and O–H groups in total. The molecule has 0 saturated carbocycles. The highest BCUT2D eigenvalue weighted by Gasteiger charge is 2.27. The Balaban J connectivity index is 1.82. The van der Waals surface area contributed by atoms with Gasteiger partial charge in [0.1, 0.15) is 5.69 Å². The number of amides is 1. The van der Waals surface area contributed by atoms with Gasteiger partial charge in [-0.3, -0.25) is 4.79 Å². The summed E-state index contributed by atoms with van der Waals surface area (Å²) >= 11 is 6.16. The molecule has 1 amide bonds. The molecule has 27 heavy (non-hydrogen) atoms. The van der Waals surface area contributed by atoms with Crippen molar-refractivity contribution < 1.29 is 9.32 Å². The zero-order chi connectivity index (χ0) is 19.4. The number of nitrogens with one attached hydrogen (secondary N) is 1. The molecule has 1 unspecified atom stereocenters. The van der Waals surface area contributed by atoms with Crippen molar-refractivity contribution in [2.75, 3.05) is 0 Å². The van der Waals surface area contributed by atoms with E-state index in [1.165, 1.54) is 5.56 Å². The van der Waals surface area contributed by atoms with Crippen LogP contribution in [0.2, 0.25) is 5.02 Å². The molecular formula is C22H25ClN2O2. The highest BCUT2D eigenvalue weighted by molar-refractivity contribution is 6.31. The summed E-state index contributed by atoms with van der Waals surface area (Å²) in [5, 5.41) is 8.87. The predicted molar refractivity (Wildman–Crippen MR) is 109 cm³/mol. The molecule has 3 rings (SSSR count). The highest BCUT2D eigenvalue weighted by Crippen LogP contribution is 2.30. The van der Waals surface area contributed by atoms with E-state index in [1.54, 1.807) is 12.1 Å². The van der Waals surface area contributed by atoms with Crippen molar-refractivity contribution in [2.45, 2.75) is 46.1 Å². The first kappa shape index (κ1) is 19.4. The lowest BCUT2D eigenvalue weighted by molar-refractivity contribution is -0.129. The highest BCUT2D eigenvalue weighted by atomic mass is 35.5. The Morgan fingerprint density at radius 3 is 2.63 bits per heavy atom. The van der Waals surface area contributed by atoms with Gasteiger partial charge in [0, 0.05) is 15.8 Å². The summed E-state index contributed by atoms with van der Waals surface area (Å²) in [5.41, 5.74) is 2.21. The van der Waals surface area contributed by atoms with Crippen LogP contribution in [0.4, 0.5) is 0 Å². The lowest BCUT2D eigenvalue weighted by Gasteiger charge is -2.23. The second-order valence-corrected chi connectivity index (χ2v) is 8.30. The lowest BCUT2D eigenvalue weighted by atomic mass is 9.93. The number of hydrogen-bond acceptors (Lipinski definition) is 3. The zero-order valence-electron chi connectivity index (χ0n) is 16.0. The summed E-state index contributed by atoms with van der Waals surface area (Å²) in [5.74, 6) is -0.00890. The molecule has 0 aliphatic heterocycles. The molecular weight excluding hydrogens is 360 g/mol. The van der Waals surface area contributed by atoms with Gasteiger partial charge in [-0.05, 0) is 43.0 Å². The van der Waals surface area contributed by atoms with Crippen LogP contribution in [0.3, 0.4) is 0 Å². The quantitative estimate of drug-likeness (QED) is 0.592. The van der Waals surface area contributed by atoms with Crippen molar-refractivity contribution in [3.63, 3.8) is 0 Å². The molecule has 0 bridgehead atoms. The van der Waals surface area contributed by atoms with E-state index in [2.05, 4.69) is 22.6 Å². The SMILES string of the molecule is CC(C)(C)C(=O)NC(CCCc1ccccc1)c1noc2ccc(Cl)cc12. The van der Waals surface area contributed by atoms with Crippen molar-refractivity contribution in [3.8, 4) is 0 Å². The van der Waals surface area contributed by atoms with Crippen molar-refractivity contribution in [2.24, 2.45) is 5.41 Å². The summed E-state index contributed by atoms with van der Waals surface area (Å²) < 4.78 is 5.46. The maximum absolute atomic E-state index is 12.6. The van der Waals surface area contributed by atoms with Crippen molar-refractivity contribution in [1.29, 1.82) is 0 Å². The predicted octanol–water partition coefficient (Wildman–Crippen LogP) is 5.71. The first-order valence-electron chi connectivity index (χ1n) is 9.24. The number of rotatable bonds is 6. The molecule has 0 saturated heterocycles. The van der Waals surface area contributed by atoms with Crippen LogP contribution in [-0.4, -0.2) is 11.1 Å². The van der Waals surface area contributed by atoms with E-state index in [4.69, 9.17) is 16.1 Å². The molecule has 0 radical (unpaired) electrons. The van der Waals surface area contributed by atoms with E-state index < -0.39 is 5.41 Å². The molecule has 1 aromatic heterocycles. The fourth-order valence-electron chi connectivity index (χ4n) is 2.99. The van der Waals surface area contributed by atoms with Crippen molar-refractivity contribution in [1.82, 2.24) is 10.5 Å². The average Bonchev–Trinajstić information content (AvgIpc) is 3.03. The number of carbonyl (C=O) groups excluding carboxylic acids is 1. The van der Waals surface area contributed by atoms with Crippen LogP contribution in [0.25, 0.3) is 11.0 Å². The second-order valence-electron chi connectivity index (χ2n) is 7.86. The Hall–Kier alpha value is -2.33. The smallest absolute Gasteiger partial charge is 0.225 e. The minimum absolute atomic E-state index is 0.00890. The third-order valence-electron chi connectivity index (χ3n) is 4.58. The standard InChI is InChI=1S/C22H25ClN2O2/c1-22(2,3)21(26)24-18(11-7-10-15-8-5-4-6-9-15)20-17-14-16(23)12-13-19(17)27-25-20/h4-6,8-9,12-14,18H,7,10-11H2,1-3H3,(H,24,26). The van der Waals surface area contributed by atoms with Gasteiger partial charge in [-0.25, -0.2) is 0 Å². The van der Waals surface area contributed by atoms with E-state index in [9.17, 15) is 4.79 Å². The van der Waals surface area contributed by atoms with Gasteiger partial charge in [0.2, 0.25) is 5.91 Å². The molecule has 5 heteroatoms. The number of carbonyl (C=O) groups is 1. The van der Waals surface area contributed by atoms with E-state index in [1.807, 2.05) is 45.0 Å². The van der Waals surface area contributed by atoms with Crippen LogP contribution < -0.4 is 5.32 Å². The van der Waals surface area contributed by atoms with Gasteiger partial charge in [-0.15, -0.1) is 0 Å². The minimum Gasteiger partial charge on any atom is -0.356 e. The number of aromatic nitrogens is 1. The second kappa shape index (κ2) is 8.13. The topological polar surface area (TPSA) is 55.1 Å². The Labute approximate surface area is 164 Å². The lowest BCUT2D eigenvalue weighted by Crippen LogP contribution is -2.37. The van der Waals surface area contributed by atoms with Crippen molar-refractivity contribution >= 4 is 28.5 Å². The monoisotopic (exact) mass is 384 g/mol. The molecule has 1 heterocycles. The zero-order valence-corrected chi connectivity index (χ0v) is 16.7. The van der Waals surface area contributed by atoms with Gasteiger partial charge in [0.25, 0.3) is 0 Å². The van der Waals surface area contributed by atoms with Gasteiger partial charge < -0.3 is 9.84 Å². The van der Waals surface area contributed by atoms with Gasteiger partial charge in [0.15, 0.2) is 5.58 Å². The molecule has 4 nitrogen and oxygen atoms in total. The molecule has 0 aliphatic rings. The fraction of sp³-hybridized carbons (Fsp3) is 0.364. The number of aryl methyl sites for hydroxylation is 1. The summed E-state index contributed by atoms with van der Waals surface area (Å²) in [6.45, 7) is 5.71. The van der Waals surface area contributed by atoms with Gasteiger partial charge in [-0.2, -0.15) is 0 Å². The summed E-state index contributed by atoms with van der Waals surface area (Å²) in [6.07, 6.45) is 2.64. The first-order valence-corrected chi connectivity index (χ1v) is 9.62. The maximum atomic E-state index is 12.6. The number of halogens is 1. The fourth-order valence-corrected chi connectivity index (χ4v) is 3.16. The maximum Gasteiger partial charge on any atom is 0.225 e. The third kappa shape index (κ3) is 4.89. The molecule has 0 spiro atoms. The molecule has 2 aromatic carbocycles. The summed E-state index contributed by atoms with van der Waals surface area (Å²) in [7, 11) is 0. The van der Waals surface area contributed by atoms with E-state index in [0.717, 1.165) is 30.3 Å². The molecule has 0 fully saturated rings. The Morgan fingerprint density at radius 1 is 1.19 bits per heavy atom. The number of hydrogen-bond donors (Lipinski definition) is 1. The Morgan fingerprint density at radius 2 is 1.93 bits per heavy atom. The van der Waals surface area contributed by atoms with E-state index >= 15 is 0 Å². The third-order valence-corrected chi connectivity index (χ3v) is 4.81. The van der Waals surface area contributed by atoms with Crippen LogP contribution in [0.15, 0.2) is 53.1 Å². The number of fused-ring (bicyclic) bond motifs is 1. The largest absolute Gasteiger partial charge is 0.356 e. The van der Waals surface area contributed by atoms with E-state index in [0.29, 0.717) is 10.6 Å².